The number of aromatic nitrogens is 1. The van der Waals surface area contributed by atoms with Gasteiger partial charge in [-0.2, -0.15) is 0 Å². The van der Waals surface area contributed by atoms with Crippen molar-refractivity contribution in [2.24, 2.45) is 5.92 Å². The molecule has 2 atom stereocenters. The zero-order valence-electron chi connectivity index (χ0n) is 17.2. The number of piperidine rings is 1. The Morgan fingerprint density at radius 2 is 2.18 bits per heavy atom. The Morgan fingerprint density at radius 3 is 2.82 bits per heavy atom. The molecule has 1 saturated heterocycles. The number of amides is 1. The summed E-state index contributed by atoms with van der Waals surface area (Å²) in [5, 5.41) is 7.45. The van der Waals surface area contributed by atoms with E-state index < -0.39 is 0 Å². The maximum atomic E-state index is 13.6. The normalized spacial score (nSPS) is 19.9. The van der Waals surface area contributed by atoms with Crippen molar-refractivity contribution in [1.82, 2.24) is 10.1 Å². The van der Waals surface area contributed by atoms with Crippen molar-refractivity contribution in [2.45, 2.75) is 65.5 Å². The van der Waals surface area contributed by atoms with Crippen molar-refractivity contribution in [2.75, 3.05) is 11.9 Å². The molecule has 0 unspecified atom stereocenters. The van der Waals surface area contributed by atoms with Gasteiger partial charge in [-0.15, -0.1) is 0 Å². The average molecular weight is 387 g/mol. The van der Waals surface area contributed by atoms with Gasteiger partial charge in [0.15, 0.2) is 0 Å². The van der Waals surface area contributed by atoms with Gasteiger partial charge in [-0.25, -0.2) is 4.39 Å². The van der Waals surface area contributed by atoms with E-state index >= 15 is 0 Å². The molecular formula is C22H30FN3O2. The van der Waals surface area contributed by atoms with Gasteiger partial charge in [-0.3, -0.25) is 4.79 Å². The van der Waals surface area contributed by atoms with E-state index in [-0.39, 0.29) is 23.8 Å². The van der Waals surface area contributed by atoms with Gasteiger partial charge in [0.1, 0.15) is 11.6 Å². The summed E-state index contributed by atoms with van der Waals surface area (Å²) >= 11 is 0. The summed E-state index contributed by atoms with van der Waals surface area (Å²) in [6.45, 7) is 8.81. The quantitative estimate of drug-likeness (QED) is 0.793. The van der Waals surface area contributed by atoms with Gasteiger partial charge in [-0.1, -0.05) is 25.1 Å². The Morgan fingerprint density at radius 1 is 1.39 bits per heavy atom. The van der Waals surface area contributed by atoms with Crippen LogP contribution in [-0.2, 0) is 11.2 Å². The Bertz CT molecular complexity index is 798. The highest BCUT2D eigenvalue weighted by Crippen LogP contribution is 2.28. The van der Waals surface area contributed by atoms with E-state index in [2.05, 4.69) is 24.3 Å². The van der Waals surface area contributed by atoms with Crippen molar-refractivity contribution >= 4 is 11.6 Å². The monoisotopic (exact) mass is 387 g/mol. The van der Waals surface area contributed by atoms with Gasteiger partial charge in [0.05, 0.1) is 18.2 Å². The summed E-state index contributed by atoms with van der Waals surface area (Å²) in [5.74, 6) is 1.00. The van der Waals surface area contributed by atoms with Gasteiger partial charge in [-0.05, 0) is 57.2 Å². The minimum Gasteiger partial charge on any atom is -0.380 e. The molecule has 1 aliphatic rings. The maximum Gasteiger partial charge on any atom is 0.227 e. The highest BCUT2D eigenvalue weighted by Gasteiger charge is 2.35. The number of carbonyl (C=O) groups is 1. The van der Waals surface area contributed by atoms with Gasteiger partial charge >= 0.3 is 0 Å². The minimum absolute atomic E-state index is 0.0741. The fourth-order valence-corrected chi connectivity index (χ4v) is 4.11. The Kier molecular flexibility index (Phi) is 6.37. The number of anilines is 1. The molecule has 0 saturated carbocycles. The Balaban J connectivity index is 1.79. The summed E-state index contributed by atoms with van der Waals surface area (Å²) in [6.07, 6.45) is 3.10. The number of aryl methyl sites for hydroxylation is 2. The third kappa shape index (κ3) is 4.72. The van der Waals surface area contributed by atoms with Gasteiger partial charge in [0, 0.05) is 23.8 Å². The first-order chi connectivity index (χ1) is 13.3. The van der Waals surface area contributed by atoms with Crippen LogP contribution in [0.1, 0.15) is 50.1 Å². The molecule has 1 N–H and O–H groups in total. The lowest BCUT2D eigenvalue weighted by Gasteiger charge is -2.43. The fraction of sp³-hybridized carbons (Fsp3) is 0.545. The smallest absolute Gasteiger partial charge is 0.227 e. The lowest BCUT2D eigenvalue weighted by atomic mass is 9.88. The van der Waals surface area contributed by atoms with Crippen LogP contribution in [0, 0.1) is 25.6 Å². The standard InChI is InChI=1S/C22H30FN3O2/c1-14(2)11-21-20(24-18-8-5-7-17(23)12-18)9-6-10-26(21)22(27)13-19-15(3)25-28-16(19)4/h5,7-8,12,14,20-21,24H,6,9-11,13H2,1-4H3/t20-,21-/m1/s1. The molecule has 3 rings (SSSR count). The molecule has 0 radical (unpaired) electrons. The maximum absolute atomic E-state index is 13.6. The topological polar surface area (TPSA) is 58.4 Å². The highest BCUT2D eigenvalue weighted by atomic mass is 19.1. The SMILES string of the molecule is Cc1noc(C)c1CC(=O)N1CCC[C@@H](Nc2cccc(F)c2)[C@H]1CC(C)C. The van der Waals surface area contributed by atoms with Crippen LogP contribution in [0.15, 0.2) is 28.8 Å². The summed E-state index contributed by atoms with van der Waals surface area (Å²) in [5.41, 5.74) is 2.42. The third-order valence-electron chi connectivity index (χ3n) is 5.50. The molecule has 0 spiro atoms. The van der Waals surface area contributed by atoms with E-state index in [0.29, 0.717) is 18.1 Å². The van der Waals surface area contributed by atoms with Crippen LogP contribution < -0.4 is 5.32 Å². The molecule has 1 fully saturated rings. The van der Waals surface area contributed by atoms with Gasteiger partial charge in [0.25, 0.3) is 0 Å². The molecule has 2 heterocycles. The third-order valence-corrected chi connectivity index (χ3v) is 5.50. The Hall–Kier alpha value is -2.37. The number of hydrogen-bond donors (Lipinski definition) is 1. The predicted molar refractivity (Wildman–Crippen MR) is 108 cm³/mol. The molecule has 1 aromatic heterocycles. The van der Waals surface area contributed by atoms with E-state index in [1.807, 2.05) is 24.8 Å². The van der Waals surface area contributed by atoms with E-state index in [0.717, 1.165) is 42.8 Å². The molecule has 2 aromatic rings. The average Bonchev–Trinajstić information content (AvgIpc) is 2.94. The summed E-state index contributed by atoms with van der Waals surface area (Å²) < 4.78 is 18.8. The number of nitrogens with zero attached hydrogens (tertiary/aromatic N) is 2. The predicted octanol–water partition coefficient (Wildman–Crippen LogP) is 4.49. The van der Waals surface area contributed by atoms with Crippen LogP contribution in [0.3, 0.4) is 0 Å². The number of nitrogens with one attached hydrogen (secondary N) is 1. The molecular weight excluding hydrogens is 357 g/mol. The number of benzene rings is 1. The zero-order chi connectivity index (χ0) is 20.3. The van der Waals surface area contributed by atoms with Crippen molar-refractivity contribution in [3.8, 4) is 0 Å². The van der Waals surface area contributed by atoms with Crippen molar-refractivity contribution in [3.05, 3.63) is 47.1 Å². The van der Waals surface area contributed by atoms with E-state index in [4.69, 9.17) is 4.52 Å². The van der Waals surface area contributed by atoms with Crippen molar-refractivity contribution < 1.29 is 13.7 Å². The number of carbonyl (C=O) groups excluding carboxylic acids is 1. The Labute approximate surface area is 166 Å². The van der Waals surface area contributed by atoms with Gasteiger partial charge in [0.2, 0.25) is 5.91 Å². The molecule has 0 aliphatic carbocycles. The van der Waals surface area contributed by atoms with E-state index in [1.165, 1.54) is 12.1 Å². The molecule has 5 nitrogen and oxygen atoms in total. The zero-order valence-corrected chi connectivity index (χ0v) is 17.2. The highest BCUT2D eigenvalue weighted by molar-refractivity contribution is 5.80. The summed E-state index contributed by atoms with van der Waals surface area (Å²) in [4.78, 5) is 15.2. The van der Waals surface area contributed by atoms with E-state index in [1.54, 1.807) is 6.07 Å². The summed E-state index contributed by atoms with van der Waals surface area (Å²) in [7, 11) is 0. The van der Waals surface area contributed by atoms with Crippen molar-refractivity contribution in [3.63, 3.8) is 0 Å². The largest absolute Gasteiger partial charge is 0.380 e. The van der Waals surface area contributed by atoms with Gasteiger partial charge < -0.3 is 14.7 Å². The second kappa shape index (κ2) is 8.76. The lowest BCUT2D eigenvalue weighted by molar-refractivity contribution is -0.134. The molecule has 1 amide bonds. The molecule has 1 aliphatic heterocycles. The van der Waals surface area contributed by atoms with E-state index in [9.17, 15) is 9.18 Å². The number of halogens is 1. The first-order valence-corrected chi connectivity index (χ1v) is 10.1. The summed E-state index contributed by atoms with van der Waals surface area (Å²) in [6, 6.07) is 6.71. The molecule has 152 valence electrons. The van der Waals surface area contributed by atoms with Crippen LogP contribution >= 0.6 is 0 Å². The minimum atomic E-state index is -0.257. The second-order valence-electron chi connectivity index (χ2n) is 8.17. The molecule has 6 heteroatoms. The molecule has 28 heavy (non-hydrogen) atoms. The van der Waals surface area contributed by atoms with Crippen LogP contribution in [-0.4, -0.2) is 34.6 Å². The molecule has 0 bridgehead atoms. The fourth-order valence-electron chi connectivity index (χ4n) is 4.11. The first kappa shape index (κ1) is 20.4. The molecule has 1 aromatic carbocycles. The van der Waals surface area contributed by atoms with Crippen LogP contribution in [0.5, 0.6) is 0 Å². The van der Waals surface area contributed by atoms with Crippen LogP contribution in [0.25, 0.3) is 0 Å². The number of hydrogen-bond acceptors (Lipinski definition) is 4. The number of likely N-dealkylation sites (tertiary alicyclic amines) is 1. The lowest BCUT2D eigenvalue weighted by Crippen LogP contribution is -2.54. The van der Waals surface area contributed by atoms with Crippen LogP contribution in [0.4, 0.5) is 10.1 Å². The van der Waals surface area contributed by atoms with Crippen molar-refractivity contribution in [1.29, 1.82) is 0 Å². The number of rotatable bonds is 6. The second-order valence-corrected chi connectivity index (χ2v) is 8.17. The first-order valence-electron chi connectivity index (χ1n) is 10.1. The van der Waals surface area contributed by atoms with Crippen LogP contribution in [0.2, 0.25) is 0 Å².